The van der Waals surface area contributed by atoms with E-state index in [9.17, 15) is 9.59 Å². The Hall–Kier alpha value is -3.15. The third-order valence-corrected chi connectivity index (χ3v) is 4.84. The quantitative estimate of drug-likeness (QED) is 0.788. The number of H-pyrrole nitrogens is 1. The third kappa shape index (κ3) is 3.18. The van der Waals surface area contributed by atoms with E-state index in [1.165, 1.54) is 0 Å². The lowest BCUT2D eigenvalue weighted by Crippen LogP contribution is -2.51. The number of para-hydroxylation sites is 1. The number of piperazine rings is 1. The zero-order valence-corrected chi connectivity index (χ0v) is 14.4. The molecule has 0 saturated carbocycles. The van der Waals surface area contributed by atoms with Crippen LogP contribution in [0.2, 0.25) is 0 Å². The summed E-state index contributed by atoms with van der Waals surface area (Å²) in [5, 5.41) is 1.09. The molecule has 1 aliphatic rings. The molecule has 1 N–H and O–H groups in total. The molecule has 0 radical (unpaired) electrons. The normalized spacial score (nSPS) is 14.6. The Kier molecular flexibility index (Phi) is 4.39. The van der Waals surface area contributed by atoms with Gasteiger partial charge in [-0.3, -0.25) is 14.6 Å². The monoisotopic (exact) mass is 348 g/mol. The highest BCUT2D eigenvalue weighted by Gasteiger charge is 2.25. The van der Waals surface area contributed by atoms with Gasteiger partial charge in [-0.25, -0.2) is 0 Å². The topological polar surface area (TPSA) is 69.3 Å². The summed E-state index contributed by atoms with van der Waals surface area (Å²) in [5.74, 6) is 0.0741. The summed E-state index contributed by atoms with van der Waals surface area (Å²) in [6.07, 6.45) is 5.51. The molecule has 2 aromatic heterocycles. The van der Waals surface area contributed by atoms with E-state index in [1.54, 1.807) is 29.4 Å². The first-order valence-electron chi connectivity index (χ1n) is 8.74. The van der Waals surface area contributed by atoms with Crippen LogP contribution in [0.3, 0.4) is 0 Å². The molecule has 6 nitrogen and oxygen atoms in total. The van der Waals surface area contributed by atoms with Crippen molar-refractivity contribution in [3.05, 3.63) is 66.1 Å². The Labute approximate surface area is 151 Å². The summed E-state index contributed by atoms with van der Waals surface area (Å²) in [6, 6.07) is 11.5. The average Bonchev–Trinajstić information content (AvgIpc) is 3.11. The smallest absolute Gasteiger partial charge is 0.255 e. The van der Waals surface area contributed by atoms with Gasteiger partial charge in [-0.15, -0.1) is 0 Å². The first kappa shape index (κ1) is 16.3. The first-order chi connectivity index (χ1) is 12.7. The van der Waals surface area contributed by atoms with Crippen LogP contribution in [-0.2, 0) is 11.2 Å². The summed E-state index contributed by atoms with van der Waals surface area (Å²) in [4.78, 5) is 35.9. The number of carbonyl (C=O) groups excluding carboxylic acids is 2. The minimum Gasteiger partial charge on any atom is -0.361 e. The molecule has 1 aliphatic heterocycles. The molecule has 1 fully saturated rings. The Balaban J connectivity index is 1.37. The van der Waals surface area contributed by atoms with E-state index in [0.717, 1.165) is 16.5 Å². The number of carbonyl (C=O) groups is 2. The number of benzene rings is 1. The van der Waals surface area contributed by atoms with Crippen molar-refractivity contribution in [3.8, 4) is 0 Å². The minimum absolute atomic E-state index is 0.0261. The number of aromatic nitrogens is 2. The van der Waals surface area contributed by atoms with Gasteiger partial charge >= 0.3 is 0 Å². The summed E-state index contributed by atoms with van der Waals surface area (Å²) >= 11 is 0. The molecule has 0 aliphatic carbocycles. The fraction of sp³-hybridized carbons (Fsp3) is 0.250. The highest BCUT2D eigenvalue weighted by molar-refractivity contribution is 5.94. The van der Waals surface area contributed by atoms with Gasteiger partial charge in [0.2, 0.25) is 5.91 Å². The second-order valence-electron chi connectivity index (χ2n) is 6.45. The zero-order valence-electron chi connectivity index (χ0n) is 14.4. The van der Waals surface area contributed by atoms with Gasteiger partial charge in [0, 0.05) is 55.7 Å². The van der Waals surface area contributed by atoms with Crippen molar-refractivity contribution in [2.45, 2.75) is 6.42 Å². The molecule has 0 atom stereocenters. The molecule has 0 bridgehead atoms. The van der Waals surface area contributed by atoms with Crippen LogP contribution in [-0.4, -0.2) is 57.8 Å². The van der Waals surface area contributed by atoms with E-state index in [2.05, 4.69) is 9.97 Å². The van der Waals surface area contributed by atoms with Gasteiger partial charge in [0.15, 0.2) is 0 Å². The highest BCUT2D eigenvalue weighted by Crippen LogP contribution is 2.19. The van der Waals surface area contributed by atoms with Crippen LogP contribution >= 0.6 is 0 Å². The van der Waals surface area contributed by atoms with Crippen molar-refractivity contribution in [1.29, 1.82) is 0 Å². The molecule has 3 heterocycles. The Morgan fingerprint density at radius 2 is 1.77 bits per heavy atom. The van der Waals surface area contributed by atoms with Crippen LogP contribution in [0.15, 0.2) is 55.0 Å². The molecule has 6 heteroatoms. The SMILES string of the molecule is O=C(Cc1c[nH]c2ccccc12)N1CCN(C(=O)c2cccnc2)CC1. The van der Waals surface area contributed by atoms with Gasteiger partial charge < -0.3 is 14.8 Å². The van der Waals surface area contributed by atoms with E-state index in [1.807, 2.05) is 35.4 Å². The molecule has 3 aromatic rings. The van der Waals surface area contributed by atoms with Crippen LogP contribution in [0.4, 0.5) is 0 Å². The first-order valence-corrected chi connectivity index (χ1v) is 8.74. The number of fused-ring (bicyclic) bond motifs is 1. The van der Waals surface area contributed by atoms with E-state index in [4.69, 9.17) is 0 Å². The predicted molar refractivity (Wildman–Crippen MR) is 98.7 cm³/mol. The van der Waals surface area contributed by atoms with E-state index < -0.39 is 0 Å². The number of nitrogens with zero attached hydrogens (tertiary/aromatic N) is 3. The molecule has 1 saturated heterocycles. The minimum atomic E-state index is -0.0261. The summed E-state index contributed by atoms with van der Waals surface area (Å²) in [5.41, 5.74) is 2.65. The molecule has 4 rings (SSSR count). The van der Waals surface area contributed by atoms with Crippen molar-refractivity contribution < 1.29 is 9.59 Å². The van der Waals surface area contributed by atoms with Crippen LogP contribution in [0, 0.1) is 0 Å². The largest absolute Gasteiger partial charge is 0.361 e. The second-order valence-corrected chi connectivity index (χ2v) is 6.45. The van der Waals surface area contributed by atoms with Crippen LogP contribution in [0.1, 0.15) is 15.9 Å². The van der Waals surface area contributed by atoms with Crippen molar-refractivity contribution in [2.75, 3.05) is 26.2 Å². The fourth-order valence-electron chi connectivity index (χ4n) is 3.38. The molecular formula is C20H20N4O2. The third-order valence-electron chi connectivity index (χ3n) is 4.84. The lowest BCUT2D eigenvalue weighted by atomic mass is 10.1. The van der Waals surface area contributed by atoms with Gasteiger partial charge in [-0.1, -0.05) is 18.2 Å². The van der Waals surface area contributed by atoms with Crippen molar-refractivity contribution >= 4 is 22.7 Å². The number of hydrogen-bond donors (Lipinski definition) is 1. The molecular weight excluding hydrogens is 328 g/mol. The number of nitrogens with one attached hydrogen (secondary N) is 1. The fourth-order valence-corrected chi connectivity index (χ4v) is 3.38. The molecule has 2 amide bonds. The number of aromatic amines is 1. The number of amides is 2. The lowest BCUT2D eigenvalue weighted by Gasteiger charge is -2.34. The van der Waals surface area contributed by atoms with Crippen molar-refractivity contribution in [3.63, 3.8) is 0 Å². The molecule has 0 spiro atoms. The summed E-state index contributed by atoms with van der Waals surface area (Å²) in [7, 11) is 0. The Bertz CT molecular complexity index is 927. The number of rotatable bonds is 3. The standard InChI is InChI=1S/C20H20N4O2/c25-19(12-16-14-22-18-6-2-1-5-17(16)18)23-8-10-24(11-9-23)20(26)15-4-3-7-21-13-15/h1-7,13-14,22H,8-12H2. The van der Waals surface area contributed by atoms with Crippen LogP contribution in [0.25, 0.3) is 10.9 Å². The maximum atomic E-state index is 12.7. The second kappa shape index (κ2) is 7.00. The van der Waals surface area contributed by atoms with Crippen LogP contribution in [0.5, 0.6) is 0 Å². The van der Waals surface area contributed by atoms with Crippen molar-refractivity contribution in [1.82, 2.24) is 19.8 Å². The lowest BCUT2D eigenvalue weighted by molar-refractivity contribution is -0.131. The maximum Gasteiger partial charge on any atom is 0.255 e. The predicted octanol–water partition coefficient (Wildman–Crippen LogP) is 2.09. The number of pyridine rings is 1. The number of hydrogen-bond acceptors (Lipinski definition) is 3. The highest BCUT2D eigenvalue weighted by atomic mass is 16.2. The Morgan fingerprint density at radius 1 is 1.00 bits per heavy atom. The van der Waals surface area contributed by atoms with E-state index in [-0.39, 0.29) is 11.8 Å². The zero-order chi connectivity index (χ0) is 17.9. The molecule has 26 heavy (non-hydrogen) atoms. The van der Waals surface area contributed by atoms with Crippen LogP contribution < -0.4 is 0 Å². The summed E-state index contributed by atoms with van der Waals surface area (Å²) in [6.45, 7) is 2.22. The summed E-state index contributed by atoms with van der Waals surface area (Å²) < 4.78 is 0. The van der Waals surface area contributed by atoms with Gasteiger partial charge in [-0.05, 0) is 23.8 Å². The molecule has 132 valence electrons. The van der Waals surface area contributed by atoms with Crippen molar-refractivity contribution in [2.24, 2.45) is 0 Å². The average molecular weight is 348 g/mol. The maximum absolute atomic E-state index is 12.7. The Morgan fingerprint density at radius 3 is 2.54 bits per heavy atom. The van der Waals surface area contributed by atoms with Gasteiger partial charge in [0.1, 0.15) is 0 Å². The van der Waals surface area contributed by atoms with Gasteiger partial charge in [0.25, 0.3) is 5.91 Å². The molecule has 1 aromatic carbocycles. The molecule has 0 unspecified atom stereocenters. The van der Waals surface area contributed by atoms with E-state index >= 15 is 0 Å². The van der Waals surface area contributed by atoms with Gasteiger partial charge in [0.05, 0.1) is 12.0 Å². The van der Waals surface area contributed by atoms with E-state index in [0.29, 0.717) is 38.2 Å². The van der Waals surface area contributed by atoms with Gasteiger partial charge in [-0.2, -0.15) is 0 Å².